The first-order valence-electron chi connectivity index (χ1n) is 5.97. The number of aliphatic carboxylic acids is 1. The molecule has 0 unspecified atom stereocenters. The number of nitrogens with zero attached hydrogens (tertiary/aromatic N) is 1. The third-order valence-corrected chi connectivity index (χ3v) is 5.04. The molecular weight excluding hydrogens is 244 g/mol. The van der Waals surface area contributed by atoms with Gasteiger partial charge in [0.25, 0.3) is 0 Å². The van der Waals surface area contributed by atoms with Crippen molar-refractivity contribution in [3.63, 3.8) is 0 Å². The fraction of sp³-hybridized carbons (Fsp3) is 0.900. The number of quaternary nitrogens is 1. The van der Waals surface area contributed by atoms with Crippen LogP contribution in [0, 0.1) is 0 Å². The van der Waals surface area contributed by atoms with Gasteiger partial charge in [-0.2, -0.15) is 4.31 Å². The van der Waals surface area contributed by atoms with Gasteiger partial charge in [0, 0.05) is 12.4 Å². The lowest BCUT2D eigenvalue weighted by atomic mass is 10.3. The fourth-order valence-corrected chi connectivity index (χ4v) is 3.51. The zero-order valence-electron chi connectivity index (χ0n) is 10.1. The molecule has 17 heavy (non-hydrogen) atoms. The van der Waals surface area contributed by atoms with E-state index >= 15 is 0 Å². The molecule has 0 radical (unpaired) electrons. The molecule has 1 N–H and O–H groups in total. The Hall–Kier alpha value is -0.660. The van der Waals surface area contributed by atoms with Crippen LogP contribution in [0.2, 0.25) is 0 Å². The van der Waals surface area contributed by atoms with Crippen LogP contribution >= 0.6 is 0 Å². The summed E-state index contributed by atoms with van der Waals surface area (Å²) >= 11 is 0. The summed E-state index contributed by atoms with van der Waals surface area (Å²) in [6, 6.07) is 0. The average Bonchev–Trinajstić information content (AvgIpc) is 2.27. The zero-order chi connectivity index (χ0) is 12.9. The monoisotopic (exact) mass is 264 g/mol. The summed E-state index contributed by atoms with van der Waals surface area (Å²) in [4.78, 5) is 11.5. The molecule has 6 nitrogen and oxygen atoms in total. The molecule has 0 aliphatic carbocycles. The van der Waals surface area contributed by atoms with Gasteiger partial charge in [-0.05, 0) is 6.42 Å². The van der Waals surface area contributed by atoms with E-state index in [4.69, 9.17) is 0 Å². The van der Waals surface area contributed by atoms with Gasteiger partial charge in [0.1, 0.15) is 0 Å². The predicted molar refractivity (Wildman–Crippen MR) is 60.8 cm³/mol. The fourth-order valence-electron chi connectivity index (χ4n) is 2.00. The van der Waals surface area contributed by atoms with E-state index in [9.17, 15) is 18.3 Å². The Morgan fingerprint density at radius 2 is 1.94 bits per heavy atom. The summed E-state index contributed by atoms with van der Waals surface area (Å²) in [6.07, 6.45) is 0.664. The maximum atomic E-state index is 11.8. The maximum Gasteiger partial charge on any atom is 0.214 e. The number of hydrogen-bond donors (Lipinski definition) is 1. The van der Waals surface area contributed by atoms with Gasteiger partial charge in [-0.25, -0.2) is 8.42 Å². The number of carbonyl (C=O) groups excluding carboxylic acids is 1. The van der Waals surface area contributed by atoms with Crippen molar-refractivity contribution in [1.82, 2.24) is 4.31 Å². The number of carboxylic acids is 1. The van der Waals surface area contributed by atoms with Crippen LogP contribution in [-0.2, 0) is 14.8 Å². The molecule has 0 amide bonds. The van der Waals surface area contributed by atoms with Crippen LogP contribution in [0.25, 0.3) is 0 Å². The highest BCUT2D eigenvalue weighted by atomic mass is 32.2. The van der Waals surface area contributed by atoms with Crippen LogP contribution < -0.4 is 10.0 Å². The topological polar surface area (TPSA) is 82.0 Å². The zero-order valence-corrected chi connectivity index (χ0v) is 11.0. The van der Waals surface area contributed by atoms with Crippen LogP contribution in [-0.4, -0.2) is 57.2 Å². The summed E-state index contributed by atoms with van der Waals surface area (Å²) in [7, 11) is -3.10. The van der Waals surface area contributed by atoms with Crippen LogP contribution in [0.5, 0.6) is 0 Å². The minimum atomic E-state index is -3.10. The van der Waals surface area contributed by atoms with Crippen molar-refractivity contribution < 1.29 is 23.2 Å². The molecule has 1 aliphatic heterocycles. The quantitative estimate of drug-likeness (QED) is 0.557. The van der Waals surface area contributed by atoms with E-state index in [1.807, 2.05) is 6.92 Å². The van der Waals surface area contributed by atoms with Gasteiger partial charge < -0.3 is 14.8 Å². The molecule has 100 valence electrons. The summed E-state index contributed by atoms with van der Waals surface area (Å²) in [5.74, 6) is -0.847. The lowest BCUT2D eigenvalue weighted by Crippen LogP contribution is -3.15. The second-order valence-corrected chi connectivity index (χ2v) is 6.43. The van der Waals surface area contributed by atoms with Crippen molar-refractivity contribution in [2.24, 2.45) is 0 Å². The first-order chi connectivity index (χ1) is 7.95. The lowest BCUT2D eigenvalue weighted by Gasteiger charge is -2.31. The third-order valence-electron chi connectivity index (χ3n) is 2.97. The molecule has 1 rings (SSSR count). The molecular formula is C10H20N2O4S. The standard InChI is InChI=1S/C10H20N2O4S/c1-2-9-17(15,16)12-7-5-11(6-8-12)4-3-10(13)14/h2-9H2,1H3,(H,13,14). The van der Waals surface area contributed by atoms with Gasteiger partial charge in [0.15, 0.2) is 0 Å². The Kier molecular flexibility index (Phi) is 5.35. The van der Waals surface area contributed by atoms with Gasteiger partial charge in [0.05, 0.1) is 38.5 Å². The molecule has 1 heterocycles. The Bertz CT molecular complexity index is 347. The highest BCUT2D eigenvalue weighted by Gasteiger charge is 2.27. The smallest absolute Gasteiger partial charge is 0.214 e. The normalized spacial score (nSPS) is 19.4. The number of hydrogen-bond acceptors (Lipinski definition) is 4. The SMILES string of the molecule is CCCS(=O)(=O)N1CC[NH+](CCC(=O)[O-])CC1. The van der Waals surface area contributed by atoms with Crippen LogP contribution in [0.3, 0.4) is 0 Å². The summed E-state index contributed by atoms with van der Waals surface area (Å²) in [5.41, 5.74) is 0. The first-order valence-corrected chi connectivity index (χ1v) is 7.58. The van der Waals surface area contributed by atoms with E-state index < -0.39 is 16.0 Å². The number of nitrogens with one attached hydrogen (secondary N) is 1. The van der Waals surface area contributed by atoms with Gasteiger partial charge in [0.2, 0.25) is 10.0 Å². The molecule has 0 atom stereocenters. The molecule has 0 aromatic rings. The highest BCUT2D eigenvalue weighted by molar-refractivity contribution is 7.89. The third kappa shape index (κ3) is 4.61. The first kappa shape index (κ1) is 14.4. The van der Waals surface area contributed by atoms with Crippen LogP contribution in [0.1, 0.15) is 19.8 Å². The molecule has 0 aromatic carbocycles. The maximum absolute atomic E-state index is 11.8. The molecule has 7 heteroatoms. The van der Waals surface area contributed by atoms with E-state index in [2.05, 4.69) is 0 Å². The Balaban J connectivity index is 2.38. The van der Waals surface area contributed by atoms with Gasteiger partial charge in [-0.1, -0.05) is 6.92 Å². The van der Waals surface area contributed by atoms with Crippen molar-refractivity contribution in [3.05, 3.63) is 0 Å². The van der Waals surface area contributed by atoms with Crippen molar-refractivity contribution in [2.75, 3.05) is 38.5 Å². The largest absolute Gasteiger partial charge is 0.550 e. The summed E-state index contributed by atoms with van der Waals surface area (Å²) < 4.78 is 25.1. The highest BCUT2D eigenvalue weighted by Crippen LogP contribution is 2.03. The van der Waals surface area contributed by atoms with Gasteiger partial charge in [-0.15, -0.1) is 0 Å². The molecule has 0 aromatic heterocycles. The van der Waals surface area contributed by atoms with Crippen LogP contribution in [0.15, 0.2) is 0 Å². The van der Waals surface area contributed by atoms with E-state index in [1.54, 1.807) is 0 Å². The molecule has 1 fully saturated rings. The minimum absolute atomic E-state index is 0.0387. The molecule has 1 aliphatic rings. The predicted octanol–water partition coefficient (Wildman–Crippen LogP) is -2.93. The molecule has 0 spiro atoms. The lowest BCUT2D eigenvalue weighted by molar-refractivity contribution is -0.903. The van der Waals surface area contributed by atoms with E-state index in [0.717, 1.165) is 4.90 Å². The Morgan fingerprint density at radius 1 is 1.35 bits per heavy atom. The number of sulfonamides is 1. The van der Waals surface area contributed by atoms with Gasteiger partial charge in [-0.3, -0.25) is 0 Å². The Morgan fingerprint density at radius 3 is 2.41 bits per heavy atom. The second kappa shape index (κ2) is 6.32. The minimum Gasteiger partial charge on any atom is -0.550 e. The molecule has 0 bridgehead atoms. The van der Waals surface area contributed by atoms with Gasteiger partial charge >= 0.3 is 0 Å². The summed E-state index contributed by atoms with van der Waals surface area (Å²) in [6.45, 7) is 4.70. The molecule has 0 saturated carbocycles. The number of piperazine rings is 1. The summed E-state index contributed by atoms with van der Waals surface area (Å²) in [5, 5.41) is 10.3. The second-order valence-electron chi connectivity index (χ2n) is 4.34. The van der Waals surface area contributed by atoms with Crippen molar-refractivity contribution in [2.45, 2.75) is 19.8 Å². The van der Waals surface area contributed by atoms with Crippen molar-refractivity contribution >= 4 is 16.0 Å². The number of carboxylic acid groups (broad SMARTS) is 1. The molecule has 1 saturated heterocycles. The number of rotatable bonds is 6. The van der Waals surface area contributed by atoms with E-state index in [-0.39, 0.29) is 12.2 Å². The number of carbonyl (C=O) groups is 1. The van der Waals surface area contributed by atoms with E-state index in [1.165, 1.54) is 4.31 Å². The average molecular weight is 264 g/mol. The van der Waals surface area contributed by atoms with Crippen molar-refractivity contribution in [3.8, 4) is 0 Å². The van der Waals surface area contributed by atoms with Crippen LogP contribution in [0.4, 0.5) is 0 Å². The van der Waals surface area contributed by atoms with E-state index in [0.29, 0.717) is 39.1 Å². The van der Waals surface area contributed by atoms with Crippen molar-refractivity contribution in [1.29, 1.82) is 0 Å². The Labute approximate surface area is 102 Å².